The molecule has 0 aromatic heterocycles. The monoisotopic (exact) mass is 316 g/mol. The molecule has 1 aliphatic heterocycles. The van der Waals surface area contributed by atoms with Crippen LogP contribution in [0.5, 0.6) is 0 Å². The van der Waals surface area contributed by atoms with Gasteiger partial charge in [-0.05, 0) is 32.6 Å². The molecule has 0 saturated carbocycles. The molecule has 0 amide bonds. The van der Waals surface area contributed by atoms with E-state index in [4.69, 9.17) is 9.47 Å². The highest BCUT2D eigenvalue weighted by Gasteiger charge is 2.28. The van der Waals surface area contributed by atoms with Crippen molar-refractivity contribution in [2.24, 2.45) is 5.92 Å². The fourth-order valence-corrected chi connectivity index (χ4v) is 2.91. The molecule has 0 aliphatic carbocycles. The predicted octanol–water partition coefficient (Wildman–Crippen LogP) is 3.34. The van der Waals surface area contributed by atoms with E-state index < -0.39 is 18.0 Å². The number of carboxylic acid groups (broad SMARTS) is 1. The third-order valence-corrected chi connectivity index (χ3v) is 4.25. The van der Waals surface area contributed by atoms with Crippen molar-refractivity contribution >= 4 is 5.97 Å². The zero-order valence-corrected chi connectivity index (χ0v) is 14.0. The molecule has 1 rings (SSSR count). The SMILES string of the molecule is CCCCCCC(C(=O)O)C(O)CC(C)OC1CCCCO1. The predicted molar refractivity (Wildman–Crippen MR) is 84.6 cm³/mol. The Morgan fingerprint density at radius 3 is 2.68 bits per heavy atom. The Hall–Kier alpha value is -0.650. The summed E-state index contributed by atoms with van der Waals surface area (Å²) >= 11 is 0. The van der Waals surface area contributed by atoms with Crippen molar-refractivity contribution in [1.29, 1.82) is 0 Å². The van der Waals surface area contributed by atoms with Crippen LogP contribution in [0.15, 0.2) is 0 Å². The van der Waals surface area contributed by atoms with E-state index in [0.717, 1.165) is 51.6 Å². The number of ether oxygens (including phenoxy) is 2. The van der Waals surface area contributed by atoms with Crippen LogP contribution < -0.4 is 0 Å². The number of hydrogen-bond donors (Lipinski definition) is 2. The highest BCUT2D eigenvalue weighted by molar-refractivity contribution is 5.70. The Labute approximate surface area is 134 Å². The van der Waals surface area contributed by atoms with Gasteiger partial charge in [-0.1, -0.05) is 32.6 Å². The van der Waals surface area contributed by atoms with Crippen LogP contribution in [0.1, 0.15) is 71.6 Å². The lowest BCUT2D eigenvalue weighted by Crippen LogP contribution is -2.34. The van der Waals surface area contributed by atoms with Crippen LogP contribution in [0.2, 0.25) is 0 Å². The van der Waals surface area contributed by atoms with Crippen LogP contribution in [0, 0.1) is 5.92 Å². The molecule has 2 N–H and O–H groups in total. The molecule has 0 radical (unpaired) electrons. The first-order chi connectivity index (χ1) is 10.5. The summed E-state index contributed by atoms with van der Waals surface area (Å²) in [6, 6.07) is 0. The van der Waals surface area contributed by atoms with Crippen LogP contribution in [0.25, 0.3) is 0 Å². The molecule has 0 bridgehead atoms. The van der Waals surface area contributed by atoms with Crippen molar-refractivity contribution in [2.45, 2.75) is 90.1 Å². The maximum Gasteiger partial charge on any atom is 0.309 e. The molecule has 0 aromatic carbocycles. The average Bonchev–Trinajstić information content (AvgIpc) is 2.47. The largest absolute Gasteiger partial charge is 0.481 e. The van der Waals surface area contributed by atoms with Gasteiger partial charge in [-0.15, -0.1) is 0 Å². The lowest BCUT2D eigenvalue weighted by molar-refractivity contribution is -0.190. The Morgan fingerprint density at radius 2 is 2.09 bits per heavy atom. The number of aliphatic carboxylic acids is 1. The number of aliphatic hydroxyl groups excluding tert-OH is 1. The topological polar surface area (TPSA) is 76.0 Å². The van der Waals surface area contributed by atoms with Crippen molar-refractivity contribution in [2.75, 3.05) is 6.61 Å². The molecule has 1 aliphatic rings. The summed E-state index contributed by atoms with van der Waals surface area (Å²) in [6.07, 6.45) is 6.74. The molecule has 1 saturated heterocycles. The van der Waals surface area contributed by atoms with Gasteiger partial charge in [0.1, 0.15) is 0 Å². The van der Waals surface area contributed by atoms with E-state index in [1.54, 1.807) is 0 Å². The molecule has 4 atom stereocenters. The van der Waals surface area contributed by atoms with Gasteiger partial charge in [0.05, 0.1) is 18.1 Å². The van der Waals surface area contributed by atoms with Crippen LogP contribution in [0.3, 0.4) is 0 Å². The van der Waals surface area contributed by atoms with Gasteiger partial charge in [-0.2, -0.15) is 0 Å². The number of aliphatic hydroxyl groups is 1. The summed E-state index contributed by atoms with van der Waals surface area (Å²) in [5, 5.41) is 19.5. The Balaban J connectivity index is 2.33. The van der Waals surface area contributed by atoms with E-state index in [9.17, 15) is 15.0 Å². The van der Waals surface area contributed by atoms with E-state index in [0.29, 0.717) is 12.8 Å². The summed E-state index contributed by atoms with van der Waals surface area (Å²) < 4.78 is 11.3. The molecule has 1 heterocycles. The molecule has 22 heavy (non-hydrogen) atoms. The van der Waals surface area contributed by atoms with Crippen molar-refractivity contribution in [3.8, 4) is 0 Å². The maximum absolute atomic E-state index is 11.4. The second-order valence-corrected chi connectivity index (χ2v) is 6.34. The first-order valence-corrected chi connectivity index (χ1v) is 8.72. The van der Waals surface area contributed by atoms with Gasteiger partial charge >= 0.3 is 5.97 Å². The van der Waals surface area contributed by atoms with Crippen LogP contribution in [-0.4, -0.2) is 41.3 Å². The summed E-state index contributed by atoms with van der Waals surface area (Å²) in [7, 11) is 0. The molecule has 0 aromatic rings. The third kappa shape index (κ3) is 7.56. The number of carbonyl (C=O) groups is 1. The smallest absolute Gasteiger partial charge is 0.309 e. The summed E-state index contributed by atoms with van der Waals surface area (Å²) in [5.41, 5.74) is 0. The second kappa shape index (κ2) is 11.0. The molecule has 5 nitrogen and oxygen atoms in total. The maximum atomic E-state index is 11.4. The lowest BCUT2D eigenvalue weighted by atomic mass is 9.92. The van der Waals surface area contributed by atoms with Gasteiger partial charge < -0.3 is 19.7 Å². The Bertz CT molecular complexity index is 301. The highest BCUT2D eigenvalue weighted by Crippen LogP contribution is 2.22. The molecular formula is C17H32O5. The number of carboxylic acids is 1. The van der Waals surface area contributed by atoms with Gasteiger partial charge in [-0.3, -0.25) is 4.79 Å². The van der Waals surface area contributed by atoms with E-state index in [1.165, 1.54) is 0 Å². The molecule has 4 unspecified atom stereocenters. The fourth-order valence-electron chi connectivity index (χ4n) is 2.91. The van der Waals surface area contributed by atoms with Gasteiger partial charge in [-0.25, -0.2) is 0 Å². The highest BCUT2D eigenvalue weighted by atomic mass is 16.7. The van der Waals surface area contributed by atoms with Crippen molar-refractivity contribution < 1.29 is 24.5 Å². The van der Waals surface area contributed by atoms with Gasteiger partial charge in [0.2, 0.25) is 0 Å². The van der Waals surface area contributed by atoms with Crippen LogP contribution in [-0.2, 0) is 14.3 Å². The zero-order chi connectivity index (χ0) is 16.4. The quantitative estimate of drug-likeness (QED) is 0.572. The molecule has 5 heteroatoms. The van der Waals surface area contributed by atoms with E-state index in [-0.39, 0.29) is 12.4 Å². The first kappa shape index (κ1) is 19.4. The first-order valence-electron chi connectivity index (χ1n) is 8.72. The van der Waals surface area contributed by atoms with E-state index in [1.807, 2.05) is 6.92 Å². The minimum absolute atomic E-state index is 0.199. The second-order valence-electron chi connectivity index (χ2n) is 6.34. The summed E-state index contributed by atoms with van der Waals surface area (Å²) in [5.74, 6) is -1.61. The van der Waals surface area contributed by atoms with Crippen molar-refractivity contribution in [3.05, 3.63) is 0 Å². The lowest BCUT2D eigenvalue weighted by Gasteiger charge is -2.28. The Kier molecular flexibility index (Phi) is 9.68. The minimum atomic E-state index is -0.912. The summed E-state index contributed by atoms with van der Waals surface area (Å²) in [4.78, 5) is 11.4. The Morgan fingerprint density at radius 1 is 1.32 bits per heavy atom. The minimum Gasteiger partial charge on any atom is -0.481 e. The standard InChI is InChI=1S/C17H32O5/c1-3-4-5-6-9-14(17(19)20)15(18)12-13(2)22-16-10-7-8-11-21-16/h13-16,18H,3-12H2,1-2H3,(H,19,20). The average molecular weight is 316 g/mol. The van der Waals surface area contributed by atoms with Crippen LogP contribution in [0.4, 0.5) is 0 Å². The van der Waals surface area contributed by atoms with E-state index in [2.05, 4.69) is 6.92 Å². The number of unbranched alkanes of at least 4 members (excludes halogenated alkanes) is 3. The van der Waals surface area contributed by atoms with Gasteiger partial charge in [0.15, 0.2) is 6.29 Å². The van der Waals surface area contributed by atoms with Crippen molar-refractivity contribution in [1.82, 2.24) is 0 Å². The third-order valence-electron chi connectivity index (χ3n) is 4.25. The van der Waals surface area contributed by atoms with Crippen molar-refractivity contribution in [3.63, 3.8) is 0 Å². The fraction of sp³-hybridized carbons (Fsp3) is 0.941. The zero-order valence-electron chi connectivity index (χ0n) is 14.0. The van der Waals surface area contributed by atoms with Gasteiger partial charge in [0, 0.05) is 13.0 Å². The van der Waals surface area contributed by atoms with Crippen LogP contribution >= 0.6 is 0 Å². The number of rotatable bonds is 11. The molecule has 0 spiro atoms. The molecule has 130 valence electrons. The molecular weight excluding hydrogens is 284 g/mol. The van der Waals surface area contributed by atoms with Gasteiger partial charge in [0.25, 0.3) is 0 Å². The van der Waals surface area contributed by atoms with E-state index >= 15 is 0 Å². The number of hydrogen-bond acceptors (Lipinski definition) is 4. The summed E-state index contributed by atoms with van der Waals surface area (Å²) in [6.45, 7) is 4.71. The normalized spacial score (nSPS) is 23.0. The molecule has 1 fully saturated rings.